The molecular formula is C14H25N3O4. The van der Waals surface area contributed by atoms with Crippen LogP contribution in [0.1, 0.15) is 39.5 Å². The number of carboxylic acids is 1. The summed E-state index contributed by atoms with van der Waals surface area (Å²) in [6.07, 6.45) is 2.50. The number of rotatable bonds is 6. The van der Waals surface area contributed by atoms with Crippen LogP contribution in [0.2, 0.25) is 0 Å². The van der Waals surface area contributed by atoms with Gasteiger partial charge in [-0.15, -0.1) is 0 Å². The number of carboxylic acid groups (broad SMARTS) is 1. The Hall–Kier alpha value is -1.79. The molecule has 120 valence electrons. The van der Waals surface area contributed by atoms with Crippen molar-refractivity contribution in [3.63, 3.8) is 0 Å². The molecule has 1 rings (SSSR count). The second-order valence-corrected chi connectivity index (χ2v) is 5.96. The molecule has 1 aliphatic heterocycles. The number of likely N-dealkylation sites (tertiary alicyclic amines) is 1. The Bertz CT molecular complexity index is 398. The topological polar surface area (TPSA) is 113 Å². The van der Waals surface area contributed by atoms with Crippen LogP contribution in [0.3, 0.4) is 0 Å². The van der Waals surface area contributed by atoms with Gasteiger partial charge in [-0.1, -0.05) is 13.8 Å². The van der Waals surface area contributed by atoms with E-state index in [0.29, 0.717) is 19.5 Å². The minimum Gasteiger partial charge on any atom is -0.481 e. The SMILES string of the molecule is CC(C)C(NC(N)=O)C(=O)N1CCCC(CCC(=O)O)C1. The van der Waals surface area contributed by atoms with Crippen LogP contribution in [-0.4, -0.2) is 47.0 Å². The molecule has 0 aromatic carbocycles. The molecule has 0 saturated carbocycles. The van der Waals surface area contributed by atoms with Crippen molar-refractivity contribution in [2.75, 3.05) is 13.1 Å². The molecule has 1 fully saturated rings. The molecule has 7 heteroatoms. The average Bonchev–Trinajstić information content (AvgIpc) is 2.41. The van der Waals surface area contributed by atoms with Gasteiger partial charge >= 0.3 is 12.0 Å². The maximum atomic E-state index is 12.5. The van der Waals surface area contributed by atoms with Crippen molar-refractivity contribution in [1.82, 2.24) is 10.2 Å². The predicted molar refractivity (Wildman–Crippen MR) is 77.5 cm³/mol. The molecule has 0 aromatic rings. The lowest BCUT2D eigenvalue weighted by atomic mass is 9.92. The molecule has 1 aliphatic rings. The number of amides is 3. The number of urea groups is 1. The number of nitrogens with one attached hydrogen (secondary N) is 1. The maximum Gasteiger partial charge on any atom is 0.312 e. The van der Waals surface area contributed by atoms with Gasteiger partial charge in [0.25, 0.3) is 0 Å². The molecule has 21 heavy (non-hydrogen) atoms. The van der Waals surface area contributed by atoms with Crippen LogP contribution in [0.15, 0.2) is 0 Å². The highest BCUT2D eigenvalue weighted by Gasteiger charge is 2.31. The van der Waals surface area contributed by atoms with Crippen LogP contribution < -0.4 is 11.1 Å². The summed E-state index contributed by atoms with van der Waals surface area (Å²) < 4.78 is 0. The quantitative estimate of drug-likeness (QED) is 0.672. The summed E-state index contributed by atoms with van der Waals surface area (Å²) in [5.74, 6) is -0.790. The van der Waals surface area contributed by atoms with E-state index in [-0.39, 0.29) is 24.2 Å². The highest BCUT2D eigenvalue weighted by atomic mass is 16.4. The van der Waals surface area contributed by atoms with Crippen LogP contribution in [0.5, 0.6) is 0 Å². The van der Waals surface area contributed by atoms with Crippen LogP contribution in [0, 0.1) is 11.8 Å². The van der Waals surface area contributed by atoms with Crippen molar-refractivity contribution >= 4 is 17.9 Å². The molecule has 0 aromatic heterocycles. The number of aliphatic carboxylic acids is 1. The van der Waals surface area contributed by atoms with Crippen molar-refractivity contribution in [1.29, 1.82) is 0 Å². The van der Waals surface area contributed by atoms with E-state index in [4.69, 9.17) is 10.8 Å². The monoisotopic (exact) mass is 299 g/mol. The Labute approximate surface area is 124 Å². The molecule has 2 unspecified atom stereocenters. The smallest absolute Gasteiger partial charge is 0.312 e. The summed E-state index contributed by atoms with van der Waals surface area (Å²) >= 11 is 0. The van der Waals surface area contributed by atoms with E-state index in [1.807, 2.05) is 13.8 Å². The van der Waals surface area contributed by atoms with E-state index in [2.05, 4.69) is 5.32 Å². The van der Waals surface area contributed by atoms with Crippen molar-refractivity contribution in [2.24, 2.45) is 17.6 Å². The zero-order chi connectivity index (χ0) is 16.0. The molecule has 0 aliphatic carbocycles. The summed E-state index contributed by atoms with van der Waals surface area (Å²) in [5, 5.41) is 11.2. The second-order valence-electron chi connectivity index (χ2n) is 5.96. The fourth-order valence-corrected chi connectivity index (χ4v) is 2.69. The van der Waals surface area contributed by atoms with Gasteiger partial charge in [0, 0.05) is 19.5 Å². The van der Waals surface area contributed by atoms with Crippen molar-refractivity contribution in [2.45, 2.75) is 45.6 Å². The van der Waals surface area contributed by atoms with Gasteiger partial charge in [-0.2, -0.15) is 0 Å². The first-order valence-electron chi connectivity index (χ1n) is 7.37. The minimum atomic E-state index is -0.811. The fourth-order valence-electron chi connectivity index (χ4n) is 2.69. The van der Waals surface area contributed by atoms with E-state index in [1.54, 1.807) is 4.90 Å². The second kappa shape index (κ2) is 7.85. The molecule has 0 radical (unpaired) electrons. The van der Waals surface area contributed by atoms with Gasteiger partial charge in [-0.25, -0.2) is 4.79 Å². The number of hydrogen-bond acceptors (Lipinski definition) is 3. The zero-order valence-corrected chi connectivity index (χ0v) is 12.7. The molecule has 2 atom stereocenters. The van der Waals surface area contributed by atoms with Gasteiger partial charge in [0.15, 0.2) is 0 Å². The summed E-state index contributed by atoms with van der Waals surface area (Å²) in [6, 6.07) is -1.33. The Morgan fingerprint density at radius 2 is 2.05 bits per heavy atom. The van der Waals surface area contributed by atoms with E-state index in [9.17, 15) is 14.4 Å². The van der Waals surface area contributed by atoms with E-state index in [1.165, 1.54) is 0 Å². The summed E-state index contributed by atoms with van der Waals surface area (Å²) in [5.41, 5.74) is 5.12. The molecule has 0 bridgehead atoms. The standard InChI is InChI=1S/C14H25N3O4/c1-9(2)12(16-14(15)21)13(20)17-7-3-4-10(8-17)5-6-11(18)19/h9-10,12H,3-8H2,1-2H3,(H,18,19)(H3,15,16,21). The number of primary amides is 1. The molecule has 1 heterocycles. The normalized spacial score (nSPS) is 20.1. The van der Waals surface area contributed by atoms with Gasteiger partial charge in [-0.3, -0.25) is 9.59 Å². The fraction of sp³-hybridized carbons (Fsp3) is 0.786. The number of piperidine rings is 1. The van der Waals surface area contributed by atoms with Crippen molar-refractivity contribution in [3.8, 4) is 0 Å². The van der Waals surface area contributed by atoms with Gasteiger partial charge < -0.3 is 21.1 Å². The average molecular weight is 299 g/mol. The summed E-state index contributed by atoms with van der Waals surface area (Å²) in [7, 11) is 0. The number of nitrogens with zero attached hydrogens (tertiary/aromatic N) is 1. The number of carbonyl (C=O) groups excluding carboxylic acids is 2. The highest BCUT2D eigenvalue weighted by Crippen LogP contribution is 2.22. The third-order valence-electron chi connectivity index (χ3n) is 3.83. The zero-order valence-electron chi connectivity index (χ0n) is 12.7. The Balaban J connectivity index is 2.62. The summed E-state index contributed by atoms with van der Waals surface area (Å²) in [6.45, 7) is 4.90. The van der Waals surface area contributed by atoms with Crippen molar-refractivity contribution < 1.29 is 19.5 Å². The van der Waals surface area contributed by atoms with Gasteiger partial charge in [0.1, 0.15) is 6.04 Å². The largest absolute Gasteiger partial charge is 0.481 e. The lowest BCUT2D eigenvalue weighted by molar-refractivity contribution is -0.137. The molecular weight excluding hydrogens is 274 g/mol. The maximum absolute atomic E-state index is 12.5. The lowest BCUT2D eigenvalue weighted by Crippen LogP contribution is -2.54. The highest BCUT2D eigenvalue weighted by molar-refractivity contribution is 5.86. The lowest BCUT2D eigenvalue weighted by Gasteiger charge is -2.35. The van der Waals surface area contributed by atoms with Gasteiger partial charge in [0.2, 0.25) is 5.91 Å². The number of carbonyl (C=O) groups is 3. The molecule has 0 spiro atoms. The van der Waals surface area contributed by atoms with Crippen LogP contribution in [-0.2, 0) is 9.59 Å². The van der Waals surface area contributed by atoms with Gasteiger partial charge in [0.05, 0.1) is 0 Å². The van der Waals surface area contributed by atoms with Crippen LogP contribution in [0.4, 0.5) is 4.79 Å². The molecule has 3 amide bonds. The Kier molecular flexibility index (Phi) is 6.45. The first-order chi connectivity index (χ1) is 9.81. The van der Waals surface area contributed by atoms with Crippen molar-refractivity contribution in [3.05, 3.63) is 0 Å². The molecule has 7 nitrogen and oxygen atoms in total. The first-order valence-corrected chi connectivity index (χ1v) is 7.37. The van der Waals surface area contributed by atoms with Crippen LogP contribution >= 0.6 is 0 Å². The minimum absolute atomic E-state index is 0.0515. The number of nitrogens with two attached hydrogens (primary N) is 1. The van der Waals surface area contributed by atoms with Crippen LogP contribution in [0.25, 0.3) is 0 Å². The molecule has 4 N–H and O–H groups in total. The Morgan fingerprint density at radius 1 is 1.38 bits per heavy atom. The third-order valence-corrected chi connectivity index (χ3v) is 3.83. The third kappa shape index (κ3) is 5.61. The summed E-state index contributed by atoms with van der Waals surface area (Å²) in [4.78, 5) is 35.9. The molecule has 1 saturated heterocycles. The number of hydrogen-bond donors (Lipinski definition) is 3. The van der Waals surface area contributed by atoms with E-state index in [0.717, 1.165) is 12.8 Å². The Morgan fingerprint density at radius 3 is 2.57 bits per heavy atom. The predicted octanol–water partition coefficient (Wildman–Crippen LogP) is 0.783. The first kappa shape index (κ1) is 17.3. The van der Waals surface area contributed by atoms with E-state index >= 15 is 0 Å². The van der Waals surface area contributed by atoms with E-state index < -0.39 is 18.0 Å². The van der Waals surface area contributed by atoms with Gasteiger partial charge in [-0.05, 0) is 31.1 Å².